The van der Waals surface area contributed by atoms with Gasteiger partial charge in [0.25, 0.3) is 0 Å². The Hall–Kier alpha value is -5.22. The second-order valence-electron chi connectivity index (χ2n) is 16.0. The molecule has 0 fully saturated rings. The average Bonchev–Trinajstić information content (AvgIpc) is 3.67. The zero-order valence-corrected chi connectivity index (χ0v) is 35.8. The summed E-state index contributed by atoms with van der Waals surface area (Å²) in [7, 11) is 0. The molecule has 0 aliphatic heterocycles. The van der Waals surface area contributed by atoms with Gasteiger partial charge in [-0.2, -0.15) is 0 Å². The topological polar surface area (TPSA) is 51.8 Å². The van der Waals surface area contributed by atoms with Gasteiger partial charge in [0.15, 0.2) is 0 Å². The quantitative estimate of drug-likeness (QED) is 0.142. The zero-order valence-electron chi connectivity index (χ0n) is 45.4. The molecule has 0 amide bonds. The van der Waals surface area contributed by atoms with Crippen LogP contribution < -0.4 is 0 Å². The van der Waals surface area contributed by atoms with Crippen LogP contribution in [0.4, 0.5) is 0 Å². The Morgan fingerprint density at radius 3 is 2.00 bits per heavy atom. The van der Waals surface area contributed by atoms with Crippen LogP contribution in [0.5, 0.6) is 0 Å². The first-order chi connectivity index (χ1) is 32.0. The predicted octanol–water partition coefficient (Wildman–Crippen LogP) is 13.6. The number of hydrogen-bond donors (Lipinski definition) is 0. The second-order valence-corrected chi connectivity index (χ2v) is 16.0. The summed E-state index contributed by atoms with van der Waals surface area (Å²) in [5, 5.41) is 1.41. The van der Waals surface area contributed by atoms with Crippen LogP contribution in [0.25, 0.3) is 55.7 Å². The maximum absolute atomic E-state index is 8.84. The first kappa shape index (κ1) is 29.1. The maximum atomic E-state index is 8.84. The average molecular weight is 952 g/mol. The molecular formula is C53H53IrN3O-2. The third-order valence-electron chi connectivity index (χ3n) is 8.87. The van der Waals surface area contributed by atoms with Crippen molar-refractivity contribution < 1.29 is 41.0 Å². The van der Waals surface area contributed by atoms with Gasteiger partial charge in [0.05, 0.1) is 5.58 Å². The fourth-order valence-corrected chi connectivity index (χ4v) is 6.35. The number of aryl methyl sites for hydroxylation is 4. The van der Waals surface area contributed by atoms with Crippen molar-refractivity contribution in [2.75, 3.05) is 0 Å². The van der Waals surface area contributed by atoms with Crippen LogP contribution >= 0.6 is 0 Å². The van der Waals surface area contributed by atoms with Crippen molar-refractivity contribution in [1.82, 2.24) is 15.0 Å². The summed E-state index contributed by atoms with van der Waals surface area (Å²) in [6, 6.07) is 39.3. The van der Waals surface area contributed by atoms with Crippen molar-refractivity contribution >= 4 is 22.1 Å². The van der Waals surface area contributed by atoms with Gasteiger partial charge in [-0.25, -0.2) is 4.98 Å². The van der Waals surface area contributed by atoms with Gasteiger partial charge in [-0.15, -0.1) is 53.6 Å². The van der Waals surface area contributed by atoms with E-state index in [1.807, 2.05) is 84.0 Å². The van der Waals surface area contributed by atoms with Crippen molar-refractivity contribution in [3.63, 3.8) is 0 Å². The number of benzene rings is 4. The molecule has 0 spiro atoms. The molecule has 5 heteroatoms. The number of furan rings is 1. The van der Waals surface area contributed by atoms with E-state index in [0.29, 0.717) is 44.6 Å². The Bertz CT molecular complexity index is 3100. The molecule has 4 aromatic carbocycles. The van der Waals surface area contributed by atoms with Gasteiger partial charge in [-0.3, -0.25) is 0 Å². The molecule has 58 heavy (non-hydrogen) atoms. The zero-order chi connectivity index (χ0) is 50.5. The van der Waals surface area contributed by atoms with E-state index in [-0.39, 0.29) is 43.5 Å². The molecule has 0 saturated carbocycles. The normalized spacial score (nSPS) is 15.8. The van der Waals surface area contributed by atoms with Gasteiger partial charge in [0, 0.05) is 60.0 Å². The summed E-state index contributed by atoms with van der Waals surface area (Å²) in [6.07, 6.45) is -1.35. The summed E-state index contributed by atoms with van der Waals surface area (Å²) in [5.41, 5.74) is 6.48. The summed E-state index contributed by atoms with van der Waals surface area (Å²) < 4.78 is 103. The number of pyridine rings is 3. The summed E-state index contributed by atoms with van der Waals surface area (Å²) in [5.74, 6) is 0. The smallest absolute Gasteiger partial charge is 0.216 e. The number of fused-ring (bicyclic) bond motifs is 3. The molecule has 0 aliphatic carbocycles. The number of aromatic nitrogens is 3. The minimum absolute atomic E-state index is 0. The molecule has 0 saturated heterocycles. The first-order valence-corrected chi connectivity index (χ1v) is 18.9. The molecule has 297 valence electrons. The SMILES string of the molecule is [2H]C([2H])([2H])c1c[c-]c(-c2cc(-c3ccc(C([2H])([2H])C(C)(C)C)cc3)ccn2)cc1.[2H]C([2H])([2H])c1ccc2c(n1)oc1c(-c3cc(C([2H])([2H])Cc4ccc(C([2H])([2H])C(C)(C)C)cc4)ccn3)[c-]ccc12.[Ir]. The molecule has 8 rings (SSSR count). The van der Waals surface area contributed by atoms with E-state index < -0.39 is 43.7 Å². The minimum atomic E-state index is -2.36. The second kappa shape index (κ2) is 18.1. The van der Waals surface area contributed by atoms with Crippen molar-refractivity contribution in [1.29, 1.82) is 0 Å². The van der Waals surface area contributed by atoms with E-state index in [2.05, 4.69) is 27.1 Å². The molecule has 0 bridgehead atoms. The fraction of sp³-hybridized carbons (Fsp3) is 0.264. The third-order valence-corrected chi connectivity index (χ3v) is 8.87. The van der Waals surface area contributed by atoms with Gasteiger partial charge in [-0.1, -0.05) is 126 Å². The molecular weight excluding hydrogens is 887 g/mol. The Morgan fingerprint density at radius 2 is 1.33 bits per heavy atom. The molecule has 0 atom stereocenters. The van der Waals surface area contributed by atoms with E-state index in [9.17, 15) is 0 Å². The van der Waals surface area contributed by atoms with E-state index in [4.69, 9.17) is 20.9 Å². The minimum Gasteiger partial charge on any atom is -0.486 e. The first-order valence-electron chi connectivity index (χ1n) is 24.9. The molecule has 0 N–H and O–H groups in total. The molecule has 4 nitrogen and oxygen atoms in total. The van der Waals surface area contributed by atoms with Crippen molar-refractivity contribution in [2.45, 2.75) is 80.8 Å². The van der Waals surface area contributed by atoms with Crippen LogP contribution in [0.1, 0.15) is 91.5 Å². The van der Waals surface area contributed by atoms with E-state index in [1.165, 1.54) is 12.1 Å². The Kier molecular flexibility index (Phi) is 9.09. The van der Waals surface area contributed by atoms with Crippen LogP contribution in [0.3, 0.4) is 0 Å². The fourth-order valence-electron chi connectivity index (χ4n) is 6.35. The summed E-state index contributed by atoms with van der Waals surface area (Å²) in [6.45, 7) is 6.74. The van der Waals surface area contributed by atoms with Crippen molar-refractivity contribution in [2.24, 2.45) is 10.8 Å². The van der Waals surface area contributed by atoms with Gasteiger partial charge in [0.1, 0.15) is 0 Å². The van der Waals surface area contributed by atoms with Crippen molar-refractivity contribution in [3.8, 4) is 33.6 Å². The Balaban J connectivity index is 0.000000238. The predicted molar refractivity (Wildman–Crippen MR) is 237 cm³/mol. The summed E-state index contributed by atoms with van der Waals surface area (Å²) in [4.78, 5) is 13.1. The van der Waals surface area contributed by atoms with E-state index >= 15 is 0 Å². The summed E-state index contributed by atoms with van der Waals surface area (Å²) >= 11 is 0. The number of rotatable bonds is 8. The van der Waals surface area contributed by atoms with Crippen LogP contribution in [0.2, 0.25) is 0 Å². The van der Waals surface area contributed by atoms with Gasteiger partial charge < -0.3 is 14.4 Å². The molecule has 8 aromatic rings. The number of nitrogens with zero attached hydrogens (tertiary/aromatic N) is 3. The van der Waals surface area contributed by atoms with Crippen LogP contribution in [-0.2, 0) is 45.6 Å². The molecule has 1 radical (unpaired) electrons. The van der Waals surface area contributed by atoms with E-state index in [1.54, 1.807) is 73.1 Å². The van der Waals surface area contributed by atoms with Crippen LogP contribution in [-0.4, -0.2) is 15.0 Å². The van der Waals surface area contributed by atoms with Crippen LogP contribution in [0.15, 0.2) is 132 Å². The number of hydrogen-bond acceptors (Lipinski definition) is 4. The maximum Gasteiger partial charge on any atom is 0.216 e. The van der Waals surface area contributed by atoms with Crippen LogP contribution in [0, 0.1) is 36.7 Å². The largest absolute Gasteiger partial charge is 0.486 e. The van der Waals surface area contributed by atoms with Gasteiger partial charge in [0.2, 0.25) is 5.71 Å². The van der Waals surface area contributed by atoms with Gasteiger partial charge in [-0.05, 0) is 107 Å². The van der Waals surface area contributed by atoms with Gasteiger partial charge >= 0.3 is 0 Å². The monoisotopic (exact) mass is 952 g/mol. The van der Waals surface area contributed by atoms with E-state index in [0.717, 1.165) is 27.6 Å². The van der Waals surface area contributed by atoms with Crippen molar-refractivity contribution in [3.05, 3.63) is 173 Å². The molecule has 0 unspecified atom stereocenters. The molecule has 4 heterocycles. The Morgan fingerprint density at radius 1 is 0.638 bits per heavy atom. The molecule has 0 aliphatic rings. The Labute approximate surface area is 375 Å². The third kappa shape index (κ3) is 11.0. The standard InChI is InChI=1S/C30H29N2O.C23H24N.Ir/c1-20-8-15-25-24-6-5-7-26(28(24)33-29(25)32-20)27-18-22(16-17-31-27)12-9-21-10-13-23(14-11-21)19-30(2,3)4;1-17-5-9-20(10-6-17)22-15-21(13-14-24-22)19-11-7-18(8-12-19)16-23(2,3)4;/h5-6,8,10-11,13-18H,9,12,19H2,1-4H3;5-9,11-15H,16H2,1-4H3;/q2*-1;/i1D3,12D2,19D2;1D3,16D2;. The molecule has 4 aromatic heterocycles.